The van der Waals surface area contributed by atoms with E-state index < -0.39 is 5.97 Å². The lowest BCUT2D eigenvalue weighted by Crippen LogP contribution is -2.48. The standard InChI is InChI=1S/C14H19NO3/c1-14(12-5-3-2-4-6-12)11-15(9-10-18-14)8-7-13(16)17/h2-6H,7-11H2,1H3,(H,16,17). The summed E-state index contributed by atoms with van der Waals surface area (Å²) in [6, 6.07) is 10.1. The molecule has 0 aromatic heterocycles. The second kappa shape index (κ2) is 5.50. The van der Waals surface area contributed by atoms with Crippen molar-refractivity contribution >= 4 is 5.97 Å². The van der Waals surface area contributed by atoms with E-state index in [1.165, 1.54) is 0 Å². The van der Waals surface area contributed by atoms with E-state index in [-0.39, 0.29) is 12.0 Å². The molecule has 1 heterocycles. The Hall–Kier alpha value is -1.39. The molecule has 1 aliphatic rings. The number of rotatable bonds is 4. The van der Waals surface area contributed by atoms with Crippen molar-refractivity contribution < 1.29 is 14.6 Å². The van der Waals surface area contributed by atoms with Crippen LogP contribution in [0.15, 0.2) is 30.3 Å². The predicted molar refractivity (Wildman–Crippen MR) is 68.4 cm³/mol. The Morgan fingerprint density at radius 1 is 1.44 bits per heavy atom. The Bertz CT molecular complexity index is 407. The largest absolute Gasteiger partial charge is 0.481 e. The van der Waals surface area contributed by atoms with Crippen LogP contribution in [0, 0.1) is 0 Å². The molecule has 1 aliphatic heterocycles. The third kappa shape index (κ3) is 3.09. The Kier molecular flexibility index (Phi) is 3.99. The molecule has 0 amide bonds. The number of carboxylic acid groups (broad SMARTS) is 1. The summed E-state index contributed by atoms with van der Waals surface area (Å²) in [6.45, 7) is 4.83. The molecule has 0 bridgehead atoms. The third-order valence-electron chi connectivity index (χ3n) is 3.38. The average Bonchev–Trinajstić information content (AvgIpc) is 2.38. The molecule has 0 aliphatic carbocycles. The number of ether oxygens (including phenoxy) is 1. The molecule has 1 saturated heterocycles. The minimum absolute atomic E-state index is 0.185. The molecule has 2 rings (SSSR count). The van der Waals surface area contributed by atoms with Crippen LogP contribution in [0.2, 0.25) is 0 Å². The second-order valence-electron chi connectivity index (χ2n) is 4.87. The highest BCUT2D eigenvalue weighted by Gasteiger charge is 2.33. The molecule has 0 spiro atoms. The van der Waals surface area contributed by atoms with Crippen LogP contribution in [-0.4, -0.2) is 42.2 Å². The van der Waals surface area contributed by atoms with Crippen LogP contribution < -0.4 is 0 Å². The van der Waals surface area contributed by atoms with Crippen molar-refractivity contribution in [2.45, 2.75) is 18.9 Å². The van der Waals surface area contributed by atoms with Gasteiger partial charge in [-0.2, -0.15) is 0 Å². The first-order valence-electron chi connectivity index (χ1n) is 6.24. The Balaban J connectivity index is 2.03. The molecule has 98 valence electrons. The van der Waals surface area contributed by atoms with Gasteiger partial charge in [0.25, 0.3) is 0 Å². The lowest BCUT2D eigenvalue weighted by molar-refractivity contribution is -0.139. The van der Waals surface area contributed by atoms with Gasteiger partial charge in [-0.3, -0.25) is 9.69 Å². The molecule has 1 unspecified atom stereocenters. The van der Waals surface area contributed by atoms with Gasteiger partial charge in [-0.15, -0.1) is 0 Å². The molecule has 1 aromatic rings. The van der Waals surface area contributed by atoms with Crippen LogP contribution in [0.3, 0.4) is 0 Å². The molecule has 4 heteroatoms. The van der Waals surface area contributed by atoms with Crippen LogP contribution in [0.1, 0.15) is 18.9 Å². The lowest BCUT2D eigenvalue weighted by atomic mass is 9.94. The van der Waals surface area contributed by atoms with Crippen molar-refractivity contribution in [2.24, 2.45) is 0 Å². The quantitative estimate of drug-likeness (QED) is 0.882. The minimum Gasteiger partial charge on any atom is -0.481 e. The summed E-state index contributed by atoms with van der Waals surface area (Å²) in [5.41, 5.74) is 0.808. The zero-order valence-electron chi connectivity index (χ0n) is 10.6. The first-order chi connectivity index (χ1) is 8.60. The minimum atomic E-state index is -0.747. The van der Waals surface area contributed by atoms with E-state index in [1.807, 2.05) is 18.2 Å². The van der Waals surface area contributed by atoms with Gasteiger partial charge in [0, 0.05) is 19.6 Å². The molecule has 1 fully saturated rings. The highest BCUT2D eigenvalue weighted by Crippen LogP contribution is 2.29. The highest BCUT2D eigenvalue weighted by molar-refractivity contribution is 5.66. The average molecular weight is 249 g/mol. The van der Waals surface area contributed by atoms with Gasteiger partial charge in [0.2, 0.25) is 0 Å². The van der Waals surface area contributed by atoms with E-state index in [0.717, 1.165) is 18.7 Å². The van der Waals surface area contributed by atoms with E-state index in [1.54, 1.807) is 0 Å². The normalized spacial score (nSPS) is 24.9. The van der Waals surface area contributed by atoms with E-state index in [4.69, 9.17) is 9.84 Å². The SMILES string of the molecule is CC1(c2ccccc2)CN(CCC(=O)O)CCO1. The van der Waals surface area contributed by atoms with Crippen molar-refractivity contribution in [2.75, 3.05) is 26.2 Å². The summed E-state index contributed by atoms with van der Waals surface area (Å²) in [4.78, 5) is 12.8. The molecular formula is C14H19NO3. The summed E-state index contributed by atoms with van der Waals surface area (Å²) in [7, 11) is 0. The number of benzene rings is 1. The monoisotopic (exact) mass is 249 g/mol. The first kappa shape index (κ1) is 13.1. The molecule has 1 atom stereocenters. The second-order valence-corrected chi connectivity index (χ2v) is 4.87. The van der Waals surface area contributed by atoms with Gasteiger partial charge in [-0.1, -0.05) is 30.3 Å². The number of morpholine rings is 1. The number of hydrogen-bond donors (Lipinski definition) is 1. The van der Waals surface area contributed by atoms with Crippen molar-refractivity contribution in [1.82, 2.24) is 4.90 Å². The molecule has 4 nitrogen and oxygen atoms in total. The van der Waals surface area contributed by atoms with Gasteiger partial charge in [0.05, 0.1) is 13.0 Å². The fraction of sp³-hybridized carbons (Fsp3) is 0.500. The molecule has 0 radical (unpaired) electrons. The van der Waals surface area contributed by atoms with Gasteiger partial charge < -0.3 is 9.84 Å². The Morgan fingerprint density at radius 2 is 2.17 bits per heavy atom. The lowest BCUT2D eigenvalue weighted by Gasteiger charge is -2.40. The van der Waals surface area contributed by atoms with Gasteiger partial charge in [0.15, 0.2) is 0 Å². The zero-order chi connectivity index (χ0) is 13.0. The maximum Gasteiger partial charge on any atom is 0.304 e. The predicted octanol–water partition coefficient (Wildman–Crippen LogP) is 1.71. The van der Waals surface area contributed by atoms with E-state index in [9.17, 15) is 4.79 Å². The number of nitrogens with zero attached hydrogens (tertiary/aromatic N) is 1. The number of hydrogen-bond acceptors (Lipinski definition) is 3. The molecular weight excluding hydrogens is 230 g/mol. The number of carbonyl (C=O) groups is 1. The van der Waals surface area contributed by atoms with Crippen molar-refractivity contribution in [3.63, 3.8) is 0 Å². The van der Waals surface area contributed by atoms with Crippen LogP contribution in [0.5, 0.6) is 0 Å². The zero-order valence-corrected chi connectivity index (χ0v) is 10.6. The summed E-state index contributed by atoms with van der Waals surface area (Å²) in [5.74, 6) is -0.747. The van der Waals surface area contributed by atoms with E-state index >= 15 is 0 Å². The Labute approximate surface area is 107 Å². The molecule has 0 saturated carbocycles. The van der Waals surface area contributed by atoms with Crippen LogP contribution >= 0.6 is 0 Å². The molecule has 1 N–H and O–H groups in total. The van der Waals surface area contributed by atoms with Crippen LogP contribution in [0.25, 0.3) is 0 Å². The van der Waals surface area contributed by atoms with Gasteiger partial charge in [-0.25, -0.2) is 0 Å². The topological polar surface area (TPSA) is 49.8 Å². The summed E-state index contributed by atoms with van der Waals surface area (Å²) in [6.07, 6.45) is 0.185. The van der Waals surface area contributed by atoms with Crippen molar-refractivity contribution in [1.29, 1.82) is 0 Å². The Morgan fingerprint density at radius 3 is 2.83 bits per heavy atom. The van der Waals surface area contributed by atoms with Gasteiger partial charge in [0.1, 0.15) is 5.60 Å². The van der Waals surface area contributed by atoms with Crippen molar-refractivity contribution in [3.05, 3.63) is 35.9 Å². The highest BCUT2D eigenvalue weighted by atomic mass is 16.5. The summed E-state index contributed by atoms with van der Waals surface area (Å²) in [5, 5.41) is 8.73. The smallest absolute Gasteiger partial charge is 0.304 e. The van der Waals surface area contributed by atoms with Crippen LogP contribution in [-0.2, 0) is 15.1 Å². The van der Waals surface area contributed by atoms with Gasteiger partial charge in [-0.05, 0) is 12.5 Å². The fourth-order valence-corrected chi connectivity index (χ4v) is 2.36. The van der Waals surface area contributed by atoms with E-state index in [0.29, 0.717) is 13.2 Å². The van der Waals surface area contributed by atoms with Crippen LogP contribution in [0.4, 0.5) is 0 Å². The number of aliphatic carboxylic acids is 1. The molecule has 18 heavy (non-hydrogen) atoms. The third-order valence-corrected chi connectivity index (χ3v) is 3.38. The maximum atomic E-state index is 10.6. The fourth-order valence-electron chi connectivity index (χ4n) is 2.36. The maximum absolute atomic E-state index is 10.6. The summed E-state index contributed by atoms with van der Waals surface area (Å²) >= 11 is 0. The van der Waals surface area contributed by atoms with Crippen molar-refractivity contribution in [3.8, 4) is 0 Å². The van der Waals surface area contributed by atoms with E-state index in [2.05, 4.69) is 24.0 Å². The van der Waals surface area contributed by atoms with Gasteiger partial charge >= 0.3 is 5.97 Å². The summed E-state index contributed by atoms with van der Waals surface area (Å²) < 4.78 is 5.90. The first-order valence-corrected chi connectivity index (χ1v) is 6.24. The number of carboxylic acids is 1. The molecule has 1 aromatic carbocycles.